The minimum absolute atomic E-state index is 0.447. The minimum Gasteiger partial charge on any atom is -0.381 e. The van der Waals surface area contributed by atoms with Crippen LogP contribution in [-0.4, -0.2) is 50.8 Å². The molecule has 0 amide bonds. The zero-order chi connectivity index (χ0) is 13.7. The van der Waals surface area contributed by atoms with Crippen LogP contribution < -0.4 is 5.32 Å². The lowest BCUT2D eigenvalue weighted by molar-refractivity contribution is -0.00237. The standard InChI is InChI=1S/C16H32N2O/c1-4-14(2)11-18(3)13-16(7-9-19-10-8-16)12-17-15-5-6-15/h14-15,17H,4-13H2,1-3H3. The van der Waals surface area contributed by atoms with Gasteiger partial charge >= 0.3 is 0 Å². The van der Waals surface area contributed by atoms with E-state index in [9.17, 15) is 0 Å². The normalized spacial score (nSPS) is 24.6. The smallest absolute Gasteiger partial charge is 0.0472 e. The van der Waals surface area contributed by atoms with Crippen LogP contribution in [0.25, 0.3) is 0 Å². The molecule has 1 aliphatic carbocycles. The Labute approximate surface area is 119 Å². The molecule has 0 aromatic carbocycles. The summed E-state index contributed by atoms with van der Waals surface area (Å²) < 4.78 is 5.58. The van der Waals surface area contributed by atoms with Crippen molar-refractivity contribution in [1.82, 2.24) is 10.2 Å². The van der Waals surface area contributed by atoms with Crippen molar-refractivity contribution in [2.45, 2.75) is 52.0 Å². The Bertz CT molecular complexity index is 259. The Hall–Kier alpha value is -0.120. The maximum absolute atomic E-state index is 5.58. The van der Waals surface area contributed by atoms with Gasteiger partial charge in [0, 0.05) is 38.9 Å². The van der Waals surface area contributed by atoms with E-state index >= 15 is 0 Å². The van der Waals surface area contributed by atoms with E-state index in [2.05, 4.69) is 31.1 Å². The lowest BCUT2D eigenvalue weighted by atomic mass is 9.79. The van der Waals surface area contributed by atoms with Gasteiger partial charge in [-0.15, -0.1) is 0 Å². The third-order valence-electron chi connectivity index (χ3n) is 4.82. The zero-order valence-electron chi connectivity index (χ0n) is 13.1. The van der Waals surface area contributed by atoms with Crippen LogP contribution in [0.2, 0.25) is 0 Å². The molecule has 1 heterocycles. The maximum Gasteiger partial charge on any atom is 0.0472 e. The number of nitrogens with one attached hydrogen (secondary N) is 1. The van der Waals surface area contributed by atoms with Crippen molar-refractivity contribution >= 4 is 0 Å². The summed E-state index contributed by atoms with van der Waals surface area (Å²) in [4.78, 5) is 2.55. The molecule has 1 aliphatic heterocycles. The van der Waals surface area contributed by atoms with Crippen LogP contribution >= 0.6 is 0 Å². The van der Waals surface area contributed by atoms with Gasteiger partial charge in [-0.05, 0) is 44.1 Å². The predicted molar refractivity (Wildman–Crippen MR) is 80.5 cm³/mol. The minimum atomic E-state index is 0.447. The van der Waals surface area contributed by atoms with E-state index in [0.717, 1.165) is 25.2 Å². The third-order valence-corrected chi connectivity index (χ3v) is 4.82. The second kappa shape index (κ2) is 7.05. The fraction of sp³-hybridized carbons (Fsp3) is 1.00. The monoisotopic (exact) mass is 268 g/mol. The van der Waals surface area contributed by atoms with E-state index in [-0.39, 0.29) is 0 Å². The molecule has 2 rings (SSSR count). The van der Waals surface area contributed by atoms with Crippen LogP contribution in [0.5, 0.6) is 0 Å². The molecule has 112 valence electrons. The van der Waals surface area contributed by atoms with Gasteiger partial charge in [0.25, 0.3) is 0 Å². The van der Waals surface area contributed by atoms with Gasteiger partial charge in [0.15, 0.2) is 0 Å². The van der Waals surface area contributed by atoms with Crippen molar-refractivity contribution in [1.29, 1.82) is 0 Å². The van der Waals surface area contributed by atoms with Crippen LogP contribution in [0, 0.1) is 11.3 Å². The molecule has 2 aliphatic rings. The van der Waals surface area contributed by atoms with E-state index in [4.69, 9.17) is 4.74 Å². The maximum atomic E-state index is 5.58. The molecule has 0 radical (unpaired) electrons. The highest BCUT2D eigenvalue weighted by molar-refractivity contribution is 4.90. The molecule has 0 aromatic rings. The fourth-order valence-electron chi connectivity index (χ4n) is 3.14. The van der Waals surface area contributed by atoms with Crippen molar-refractivity contribution in [2.75, 3.05) is 39.9 Å². The molecule has 1 unspecified atom stereocenters. The van der Waals surface area contributed by atoms with Gasteiger partial charge in [0.2, 0.25) is 0 Å². The van der Waals surface area contributed by atoms with E-state index in [1.165, 1.54) is 51.7 Å². The largest absolute Gasteiger partial charge is 0.381 e. The number of hydrogen-bond acceptors (Lipinski definition) is 3. The van der Waals surface area contributed by atoms with Crippen molar-refractivity contribution < 1.29 is 4.74 Å². The second-order valence-corrected chi connectivity index (χ2v) is 6.98. The highest BCUT2D eigenvalue weighted by Gasteiger charge is 2.35. The van der Waals surface area contributed by atoms with Gasteiger partial charge in [0.05, 0.1) is 0 Å². The Kier molecular flexibility index (Phi) is 5.67. The molecule has 3 nitrogen and oxygen atoms in total. The van der Waals surface area contributed by atoms with Crippen LogP contribution in [0.3, 0.4) is 0 Å². The van der Waals surface area contributed by atoms with Gasteiger partial charge in [-0.2, -0.15) is 0 Å². The van der Waals surface area contributed by atoms with E-state index < -0.39 is 0 Å². The summed E-state index contributed by atoms with van der Waals surface area (Å²) >= 11 is 0. The summed E-state index contributed by atoms with van der Waals surface area (Å²) in [6.07, 6.45) is 6.49. The van der Waals surface area contributed by atoms with Crippen molar-refractivity contribution in [3.05, 3.63) is 0 Å². The molecule has 1 N–H and O–H groups in total. The Morgan fingerprint density at radius 2 is 2.00 bits per heavy atom. The fourth-order valence-corrected chi connectivity index (χ4v) is 3.14. The summed E-state index contributed by atoms with van der Waals surface area (Å²) in [7, 11) is 2.29. The average molecular weight is 268 g/mol. The molecule has 3 heteroatoms. The number of ether oxygens (including phenoxy) is 1. The highest BCUT2D eigenvalue weighted by atomic mass is 16.5. The van der Waals surface area contributed by atoms with E-state index in [0.29, 0.717) is 5.41 Å². The molecule has 0 spiro atoms. The van der Waals surface area contributed by atoms with E-state index in [1.54, 1.807) is 0 Å². The van der Waals surface area contributed by atoms with Crippen LogP contribution in [-0.2, 0) is 4.74 Å². The summed E-state index contributed by atoms with van der Waals surface area (Å²) in [6.45, 7) is 10.2. The van der Waals surface area contributed by atoms with Crippen molar-refractivity contribution in [3.8, 4) is 0 Å². The Morgan fingerprint density at radius 1 is 1.32 bits per heavy atom. The average Bonchev–Trinajstić information content (AvgIpc) is 3.21. The lowest BCUT2D eigenvalue weighted by Crippen LogP contribution is -2.47. The number of hydrogen-bond donors (Lipinski definition) is 1. The molecule has 1 saturated heterocycles. The first kappa shape index (κ1) is 15.3. The van der Waals surface area contributed by atoms with Crippen molar-refractivity contribution in [2.24, 2.45) is 11.3 Å². The predicted octanol–water partition coefficient (Wildman–Crippen LogP) is 2.51. The first-order valence-electron chi connectivity index (χ1n) is 8.13. The van der Waals surface area contributed by atoms with Gasteiger partial charge in [-0.3, -0.25) is 0 Å². The zero-order valence-corrected chi connectivity index (χ0v) is 13.1. The topological polar surface area (TPSA) is 24.5 Å². The molecule has 0 aromatic heterocycles. The molecule has 0 bridgehead atoms. The van der Waals surface area contributed by atoms with E-state index in [1.807, 2.05) is 0 Å². The quantitative estimate of drug-likeness (QED) is 0.732. The first-order chi connectivity index (χ1) is 9.13. The molecular weight excluding hydrogens is 236 g/mol. The van der Waals surface area contributed by atoms with Gasteiger partial charge in [0.1, 0.15) is 0 Å². The first-order valence-corrected chi connectivity index (χ1v) is 8.13. The summed E-state index contributed by atoms with van der Waals surface area (Å²) in [5.41, 5.74) is 0.447. The second-order valence-electron chi connectivity index (χ2n) is 6.98. The molecule has 19 heavy (non-hydrogen) atoms. The van der Waals surface area contributed by atoms with Crippen LogP contribution in [0.4, 0.5) is 0 Å². The Balaban J connectivity index is 1.84. The summed E-state index contributed by atoms with van der Waals surface area (Å²) in [6, 6.07) is 0.819. The van der Waals surface area contributed by atoms with Gasteiger partial charge in [-0.25, -0.2) is 0 Å². The lowest BCUT2D eigenvalue weighted by Gasteiger charge is -2.41. The molecular formula is C16H32N2O. The number of nitrogens with zero attached hydrogens (tertiary/aromatic N) is 1. The number of rotatable bonds is 8. The van der Waals surface area contributed by atoms with Crippen molar-refractivity contribution in [3.63, 3.8) is 0 Å². The SMILES string of the molecule is CCC(C)CN(C)CC1(CNC2CC2)CCOCC1. The Morgan fingerprint density at radius 3 is 2.58 bits per heavy atom. The highest BCUT2D eigenvalue weighted by Crippen LogP contribution is 2.32. The van der Waals surface area contributed by atoms with Gasteiger partial charge < -0.3 is 15.0 Å². The van der Waals surface area contributed by atoms with Gasteiger partial charge in [-0.1, -0.05) is 20.3 Å². The molecule has 1 saturated carbocycles. The molecule has 1 atom stereocenters. The summed E-state index contributed by atoms with van der Waals surface area (Å²) in [5.74, 6) is 0.804. The third kappa shape index (κ3) is 5.05. The van der Waals surface area contributed by atoms with Crippen LogP contribution in [0.15, 0.2) is 0 Å². The summed E-state index contributed by atoms with van der Waals surface area (Å²) in [5, 5.41) is 3.76. The van der Waals surface area contributed by atoms with Crippen LogP contribution in [0.1, 0.15) is 46.0 Å². The molecule has 2 fully saturated rings.